The molecule has 0 unspecified atom stereocenters. The van der Waals surface area contributed by atoms with Crippen molar-refractivity contribution in [1.29, 1.82) is 0 Å². The summed E-state index contributed by atoms with van der Waals surface area (Å²) >= 11 is 0. The van der Waals surface area contributed by atoms with Crippen LogP contribution in [0.25, 0.3) is 22.3 Å². The van der Waals surface area contributed by atoms with Crippen LogP contribution in [0.1, 0.15) is 40.5 Å². The third-order valence-electron chi connectivity index (χ3n) is 4.12. The van der Waals surface area contributed by atoms with Crippen LogP contribution < -0.4 is 0 Å². The minimum atomic E-state index is -0.427. The molecule has 3 aromatic rings. The molecular formula is C19H19N3O3. The monoisotopic (exact) mass is 337 g/mol. The molecule has 3 rings (SSSR count). The van der Waals surface area contributed by atoms with Crippen molar-refractivity contribution in [2.75, 3.05) is 7.11 Å². The van der Waals surface area contributed by atoms with Crippen LogP contribution in [0.2, 0.25) is 0 Å². The first-order valence-electron chi connectivity index (χ1n) is 8.16. The van der Waals surface area contributed by atoms with Crippen LogP contribution in [0.5, 0.6) is 0 Å². The lowest BCUT2D eigenvalue weighted by Crippen LogP contribution is -2.02. The lowest BCUT2D eigenvalue weighted by atomic mass is 10.1. The summed E-state index contributed by atoms with van der Waals surface area (Å²) in [5.74, 6) is -0.427. The summed E-state index contributed by atoms with van der Waals surface area (Å²) in [6, 6.07) is 5.06. The summed E-state index contributed by atoms with van der Waals surface area (Å²) in [6.07, 6.45) is 8.11. The van der Waals surface area contributed by atoms with E-state index in [2.05, 4.69) is 21.5 Å². The van der Waals surface area contributed by atoms with E-state index in [9.17, 15) is 9.59 Å². The topological polar surface area (TPSA) is 74.1 Å². The van der Waals surface area contributed by atoms with Gasteiger partial charge in [0, 0.05) is 29.9 Å². The molecule has 6 heteroatoms. The van der Waals surface area contributed by atoms with Gasteiger partial charge in [-0.05, 0) is 24.6 Å². The maximum Gasteiger partial charge on any atom is 0.337 e. The Morgan fingerprint density at radius 1 is 1.28 bits per heavy atom. The van der Waals surface area contributed by atoms with E-state index in [1.807, 2.05) is 12.3 Å². The number of unbranched alkanes of at least 4 members (excludes halogenated alkanes) is 1. The van der Waals surface area contributed by atoms with Crippen LogP contribution in [-0.2, 0) is 11.3 Å². The molecule has 0 saturated heterocycles. The van der Waals surface area contributed by atoms with Gasteiger partial charge in [-0.2, -0.15) is 0 Å². The molecule has 0 bridgehead atoms. The van der Waals surface area contributed by atoms with Crippen molar-refractivity contribution >= 4 is 23.2 Å². The second-order valence-electron chi connectivity index (χ2n) is 5.76. The Labute approximate surface area is 145 Å². The highest BCUT2D eigenvalue weighted by Gasteiger charge is 2.13. The summed E-state index contributed by atoms with van der Waals surface area (Å²) in [7, 11) is 1.34. The highest BCUT2D eigenvalue weighted by atomic mass is 16.5. The average Bonchev–Trinajstić information content (AvgIpc) is 3.02. The van der Waals surface area contributed by atoms with E-state index in [1.54, 1.807) is 24.5 Å². The molecule has 25 heavy (non-hydrogen) atoms. The molecule has 0 saturated carbocycles. The van der Waals surface area contributed by atoms with E-state index in [1.165, 1.54) is 7.11 Å². The first-order chi connectivity index (χ1) is 12.2. The lowest BCUT2D eigenvalue weighted by Gasteiger charge is -2.06. The van der Waals surface area contributed by atoms with Crippen LogP contribution >= 0.6 is 0 Å². The highest BCUT2D eigenvalue weighted by molar-refractivity contribution is 5.98. The number of nitrogens with zero attached hydrogens (tertiary/aromatic N) is 3. The number of carbonyl (C=O) groups excluding carboxylic acids is 2. The number of pyridine rings is 2. The number of rotatable bonds is 6. The molecule has 0 N–H and O–H groups in total. The zero-order chi connectivity index (χ0) is 17.8. The third kappa shape index (κ3) is 3.28. The normalized spacial score (nSPS) is 10.8. The van der Waals surface area contributed by atoms with Gasteiger partial charge in [0.05, 0.1) is 35.8 Å². The van der Waals surface area contributed by atoms with Crippen molar-refractivity contribution in [3.8, 4) is 11.4 Å². The number of fused-ring (bicyclic) bond motifs is 1. The Balaban J connectivity index is 2.07. The molecule has 0 spiro atoms. The predicted octanol–water partition coefficient (Wildman–Crippen LogP) is 3.50. The third-order valence-corrected chi connectivity index (χ3v) is 4.12. The van der Waals surface area contributed by atoms with Crippen molar-refractivity contribution in [1.82, 2.24) is 14.5 Å². The molecule has 0 aliphatic rings. The Kier molecular flexibility index (Phi) is 4.88. The quantitative estimate of drug-likeness (QED) is 0.508. The highest BCUT2D eigenvalue weighted by Crippen LogP contribution is 2.25. The van der Waals surface area contributed by atoms with E-state index in [4.69, 9.17) is 4.74 Å². The number of aldehydes is 1. The molecule has 0 atom stereocenters. The number of carbonyl (C=O) groups is 2. The number of ether oxygens (including phenoxy) is 1. The van der Waals surface area contributed by atoms with Gasteiger partial charge >= 0.3 is 5.97 Å². The van der Waals surface area contributed by atoms with Gasteiger partial charge in [0.25, 0.3) is 0 Å². The molecular weight excluding hydrogens is 318 g/mol. The first kappa shape index (κ1) is 16.8. The fourth-order valence-electron chi connectivity index (χ4n) is 2.78. The van der Waals surface area contributed by atoms with E-state index < -0.39 is 5.97 Å². The number of hydrogen-bond acceptors (Lipinski definition) is 5. The molecule has 3 heterocycles. The number of aryl methyl sites for hydroxylation is 1. The zero-order valence-corrected chi connectivity index (χ0v) is 14.2. The molecule has 6 nitrogen and oxygen atoms in total. The summed E-state index contributed by atoms with van der Waals surface area (Å²) < 4.78 is 6.79. The molecule has 0 aromatic carbocycles. The molecule has 0 radical (unpaired) electrons. The fraction of sp³-hybridized carbons (Fsp3) is 0.263. The molecule has 0 fully saturated rings. The SMILES string of the molecule is CCCCn1cc(C=O)c2cc(-c3cc(C(=O)OC)ccn3)ncc21. The smallest absolute Gasteiger partial charge is 0.337 e. The van der Waals surface area contributed by atoms with Crippen molar-refractivity contribution in [3.05, 3.63) is 47.9 Å². The van der Waals surface area contributed by atoms with E-state index in [0.29, 0.717) is 22.5 Å². The van der Waals surface area contributed by atoms with Gasteiger partial charge in [-0.25, -0.2) is 4.79 Å². The van der Waals surface area contributed by atoms with Gasteiger partial charge in [-0.1, -0.05) is 13.3 Å². The summed E-state index contributed by atoms with van der Waals surface area (Å²) in [5, 5.41) is 0.835. The van der Waals surface area contributed by atoms with Gasteiger partial charge in [0.15, 0.2) is 6.29 Å². The van der Waals surface area contributed by atoms with Crippen LogP contribution in [0.15, 0.2) is 36.8 Å². The Hall–Kier alpha value is -3.02. The maximum atomic E-state index is 11.7. The number of esters is 1. The molecule has 0 aliphatic carbocycles. The van der Waals surface area contributed by atoms with Crippen molar-refractivity contribution in [2.45, 2.75) is 26.3 Å². The molecule has 128 valence electrons. The van der Waals surface area contributed by atoms with Gasteiger partial charge in [-0.15, -0.1) is 0 Å². The number of methoxy groups -OCH3 is 1. The number of hydrogen-bond donors (Lipinski definition) is 0. The molecule has 3 aromatic heterocycles. The summed E-state index contributed by atoms with van der Waals surface area (Å²) in [4.78, 5) is 31.9. The second-order valence-corrected chi connectivity index (χ2v) is 5.76. The Morgan fingerprint density at radius 3 is 2.80 bits per heavy atom. The van der Waals surface area contributed by atoms with Gasteiger partial charge < -0.3 is 9.30 Å². The average molecular weight is 337 g/mol. The van der Waals surface area contributed by atoms with E-state index in [0.717, 1.165) is 36.6 Å². The van der Waals surface area contributed by atoms with Crippen LogP contribution in [0.4, 0.5) is 0 Å². The van der Waals surface area contributed by atoms with Crippen molar-refractivity contribution in [3.63, 3.8) is 0 Å². The van der Waals surface area contributed by atoms with Crippen LogP contribution in [0, 0.1) is 0 Å². The van der Waals surface area contributed by atoms with Gasteiger partial charge in [-0.3, -0.25) is 14.8 Å². The maximum absolute atomic E-state index is 11.7. The van der Waals surface area contributed by atoms with Crippen molar-refractivity contribution < 1.29 is 14.3 Å². The van der Waals surface area contributed by atoms with Crippen LogP contribution in [-0.4, -0.2) is 33.9 Å². The van der Waals surface area contributed by atoms with E-state index >= 15 is 0 Å². The first-order valence-corrected chi connectivity index (χ1v) is 8.16. The standard InChI is InChI=1S/C19H19N3O3/c1-3-4-7-22-11-14(12-23)15-9-17(21-10-18(15)22)16-8-13(5-6-20-16)19(24)25-2/h5-6,8-12H,3-4,7H2,1-2H3. The molecule has 0 amide bonds. The fourth-order valence-corrected chi connectivity index (χ4v) is 2.78. The number of aromatic nitrogens is 3. The van der Waals surface area contributed by atoms with E-state index in [-0.39, 0.29) is 0 Å². The lowest BCUT2D eigenvalue weighted by molar-refractivity contribution is 0.0600. The Morgan fingerprint density at radius 2 is 2.08 bits per heavy atom. The predicted molar refractivity (Wildman–Crippen MR) is 94.6 cm³/mol. The minimum absolute atomic E-state index is 0.408. The zero-order valence-electron chi connectivity index (χ0n) is 14.2. The van der Waals surface area contributed by atoms with Crippen LogP contribution in [0.3, 0.4) is 0 Å². The van der Waals surface area contributed by atoms with Crippen molar-refractivity contribution in [2.24, 2.45) is 0 Å². The largest absolute Gasteiger partial charge is 0.465 e. The minimum Gasteiger partial charge on any atom is -0.465 e. The second kappa shape index (κ2) is 7.25. The molecule has 0 aliphatic heterocycles. The Bertz CT molecular complexity index is 931. The van der Waals surface area contributed by atoms with Gasteiger partial charge in [0.1, 0.15) is 0 Å². The van der Waals surface area contributed by atoms with Gasteiger partial charge in [0.2, 0.25) is 0 Å². The summed E-state index contributed by atoms with van der Waals surface area (Å²) in [5.41, 5.74) is 3.12. The summed E-state index contributed by atoms with van der Waals surface area (Å²) in [6.45, 7) is 2.97.